The molecule has 0 aliphatic carbocycles. The van der Waals surface area contributed by atoms with E-state index in [0.29, 0.717) is 5.92 Å². The van der Waals surface area contributed by atoms with Crippen molar-refractivity contribution >= 4 is 22.5 Å². The Kier molecular flexibility index (Phi) is 4.09. The number of nitrogen functional groups attached to an aromatic ring is 1. The first-order valence-electron chi connectivity index (χ1n) is 8.48. The third kappa shape index (κ3) is 3.36. The van der Waals surface area contributed by atoms with Gasteiger partial charge >= 0.3 is 0 Å². The predicted octanol–water partition coefficient (Wildman–Crippen LogP) is 3.51. The van der Waals surface area contributed by atoms with E-state index in [0.717, 1.165) is 38.2 Å². The smallest absolute Gasteiger partial charge is 0.227 e. The zero-order chi connectivity index (χ0) is 16.6. The van der Waals surface area contributed by atoms with Crippen LogP contribution >= 0.6 is 0 Å². The lowest BCUT2D eigenvalue weighted by Crippen LogP contribution is -2.44. The average Bonchev–Trinajstić information content (AvgIpc) is 2.88. The van der Waals surface area contributed by atoms with Crippen molar-refractivity contribution in [2.75, 3.05) is 18.8 Å². The summed E-state index contributed by atoms with van der Waals surface area (Å²) in [4.78, 5) is 14.4. The van der Waals surface area contributed by atoms with E-state index >= 15 is 0 Å². The summed E-state index contributed by atoms with van der Waals surface area (Å²) in [5.41, 5.74) is 7.63. The Labute approximate surface area is 138 Å². The number of nitrogens with zero attached hydrogens (tertiary/aromatic N) is 2. The third-order valence-corrected chi connectivity index (χ3v) is 4.79. The first-order valence-corrected chi connectivity index (χ1v) is 8.48. The first kappa shape index (κ1) is 15.9. The Bertz CT molecular complexity index is 703. The maximum atomic E-state index is 12.4. The summed E-state index contributed by atoms with van der Waals surface area (Å²) in [5, 5.41) is 1.20. The number of hydrogen-bond acceptors (Lipinski definition) is 2. The molecule has 124 valence electrons. The molecule has 1 fully saturated rings. The van der Waals surface area contributed by atoms with Crippen LogP contribution in [-0.2, 0) is 11.3 Å². The molecule has 1 saturated heterocycles. The Morgan fingerprint density at radius 1 is 1.22 bits per heavy atom. The lowest BCUT2D eigenvalue weighted by Gasteiger charge is -2.36. The minimum absolute atomic E-state index is 0.274. The number of benzene rings is 1. The van der Waals surface area contributed by atoms with Crippen molar-refractivity contribution < 1.29 is 4.79 Å². The van der Waals surface area contributed by atoms with Gasteiger partial charge in [0.1, 0.15) is 0 Å². The van der Waals surface area contributed by atoms with Crippen LogP contribution in [0.5, 0.6) is 0 Å². The van der Waals surface area contributed by atoms with Crippen molar-refractivity contribution in [1.82, 2.24) is 9.47 Å². The Morgan fingerprint density at radius 3 is 2.57 bits per heavy atom. The fourth-order valence-corrected chi connectivity index (χ4v) is 3.45. The van der Waals surface area contributed by atoms with Gasteiger partial charge in [0, 0.05) is 47.8 Å². The van der Waals surface area contributed by atoms with Gasteiger partial charge in [-0.25, -0.2) is 0 Å². The molecule has 23 heavy (non-hydrogen) atoms. The van der Waals surface area contributed by atoms with E-state index in [9.17, 15) is 4.79 Å². The van der Waals surface area contributed by atoms with Gasteiger partial charge in [0.2, 0.25) is 5.91 Å². The zero-order valence-corrected chi connectivity index (χ0v) is 14.4. The maximum Gasteiger partial charge on any atom is 0.227 e. The second-order valence-electron chi connectivity index (χ2n) is 7.77. The fourth-order valence-electron chi connectivity index (χ4n) is 3.45. The van der Waals surface area contributed by atoms with Crippen molar-refractivity contribution in [3.63, 3.8) is 0 Å². The first-order chi connectivity index (χ1) is 10.8. The predicted molar refractivity (Wildman–Crippen MR) is 95.1 cm³/mol. The number of aromatic nitrogens is 1. The monoisotopic (exact) mass is 313 g/mol. The molecule has 1 aliphatic heterocycles. The normalized spacial score (nSPS) is 16.9. The van der Waals surface area contributed by atoms with Crippen LogP contribution in [0.15, 0.2) is 30.5 Å². The highest BCUT2D eigenvalue weighted by Gasteiger charge is 2.30. The average molecular weight is 313 g/mol. The second-order valence-corrected chi connectivity index (χ2v) is 7.77. The van der Waals surface area contributed by atoms with Crippen LogP contribution in [0.2, 0.25) is 0 Å². The molecule has 0 spiro atoms. The molecule has 2 heterocycles. The molecular weight excluding hydrogens is 286 g/mol. The summed E-state index contributed by atoms with van der Waals surface area (Å²) in [6.45, 7) is 8.78. The number of nitrogens with two attached hydrogens (primary N) is 1. The van der Waals surface area contributed by atoms with Crippen molar-refractivity contribution in [2.24, 2.45) is 11.3 Å². The van der Waals surface area contributed by atoms with E-state index < -0.39 is 0 Å². The lowest BCUT2D eigenvalue weighted by atomic mass is 9.91. The zero-order valence-electron chi connectivity index (χ0n) is 14.4. The number of rotatable bonds is 2. The van der Waals surface area contributed by atoms with Crippen molar-refractivity contribution in [3.8, 4) is 0 Å². The van der Waals surface area contributed by atoms with Crippen molar-refractivity contribution in [1.29, 1.82) is 0 Å². The third-order valence-electron chi connectivity index (χ3n) is 4.79. The molecule has 1 amide bonds. The van der Waals surface area contributed by atoms with Gasteiger partial charge in [0.25, 0.3) is 0 Å². The summed E-state index contributed by atoms with van der Waals surface area (Å²) in [7, 11) is 0. The summed E-state index contributed by atoms with van der Waals surface area (Å²) in [6, 6.07) is 8.22. The summed E-state index contributed by atoms with van der Waals surface area (Å²) in [5.74, 6) is 0.907. The summed E-state index contributed by atoms with van der Waals surface area (Å²) in [6.07, 6.45) is 4.31. The molecule has 3 rings (SSSR count). The van der Waals surface area contributed by atoms with Crippen LogP contribution in [0.3, 0.4) is 0 Å². The highest BCUT2D eigenvalue weighted by atomic mass is 16.2. The van der Waals surface area contributed by atoms with Gasteiger partial charge in [-0.2, -0.15) is 0 Å². The van der Waals surface area contributed by atoms with E-state index in [1.165, 1.54) is 10.9 Å². The molecule has 0 atom stereocenters. The molecule has 1 aliphatic rings. The molecule has 1 aromatic heterocycles. The van der Waals surface area contributed by atoms with Gasteiger partial charge in [0.15, 0.2) is 0 Å². The van der Waals surface area contributed by atoms with Crippen LogP contribution < -0.4 is 5.73 Å². The Hall–Kier alpha value is -1.97. The van der Waals surface area contributed by atoms with E-state index in [4.69, 9.17) is 5.73 Å². The summed E-state index contributed by atoms with van der Waals surface area (Å²) >= 11 is 0. The number of amides is 1. The van der Waals surface area contributed by atoms with Crippen LogP contribution in [0, 0.1) is 11.3 Å². The second kappa shape index (κ2) is 5.91. The molecule has 2 N–H and O–H groups in total. The Morgan fingerprint density at radius 2 is 1.91 bits per heavy atom. The molecule has 4 nitrogen and oxygen atoms in total. The van der Waals surface area contributed by atoms with Gasteiger partial charge < -0.3 is 15.2 Å². The quantitative estimate of drug-likeness (QED) is 0.863. The number of piperidine rings is 1. The number of likely N-dealkylation sites (tertiary alicyclic amines) is 1. The minimum Gasteiger partial charge on any atom is -0.399 e. The van der Waals surface area contributed by atoms with Crippen LogP contribution in [0.4, 0.5) is 5.69 Å². The van der Waals surface area contributed by atoms with Crippen molar-refractivity contribution in [3.05, 3.63) is 30.5 Å². The number of carbonyl (C=O) groups is 1. The number of anilines is 1. The molecular formula is C19H27N3O. The molecule has 0 bridgehead atoms. The van der Waals surface area contributed by atoms with Gasteiger partial charge in [-0.05, 0) is 43.0 Å². The standard InChI is InChI=1S/C19H27N3O/c1-19(2,3)18(23)21-9-6-14(7-10-21)13-22-11-8-15-12-16(20)4-5-17(15)22/h4-5,8,11-12,14H,6-7,9-10,13,20H2,1-3H3. The van der Waals surface area contributed by atoms with Gasteiger partial charge in [-0.3, -0.25) is 4.79 Å². The van der Waals surface area contributed by atoms with E-state index in [1.54, 1.807) is 0 Å². The number of carbonyl (C=O) groups excluding carboxylic acids is 1. The summed E-state index contributed by atoms with van der Waals surface area (Å²) < 4.78 is 2.32. The number of fused-ring (bicyclic) bond motifs is 1. The maximum absolute atomic E-state index is 12.4. The lowest BCUT2D eigenvalue weighted by molar-refractivity contribution is -0.140. The SMILES string of the molecule is CC(C)(C)C(=O)N1CCC(Cn2ccc3cc(N)ccc32)CC1. The number of hydrogen-bond donors (Lipinski definition) is 1. The van der Waals surface area contributed by atoms with E-state index in [2.05, 4.69) is 22.9 Å². The van der Waals surface area contributed by atoms with E-state index in [1.807, 2.05) is 37.8 Å². The highest BCUT2D eigenvalue weighted by Crippen LogP contribution is 2.26. The highest BCUT2D eigenvalue weighted by molar-refractivity contribution is 5.83. The van der Waals surface area contributed by atoms with Crippen LogP contribution in [0.1, 0.15) is 33.6 Å². The minimum atomic E-state index is -0.274. The molecule has 4 heteroatoms. The van der Waals surface area contributed by atoms with Crippen LogP contribution in [-0.4, -0.2) is 28.5 Å². The van der Waals surface area contributed by atoms with Gasteiger partial charge in [-0.15, -0.1) is 0 Å². The van der Waals surface area contributed by atoms with E-state index in [-0.39, 0.29) is 11.3 Å². The molecule has 0 unspecified atom stereocenters. The molecule has 1 aromatic carbocycles. The largest absolute Gasteiger partial charge is 0.399 e. The molecule has 2 aromatic rings. The fraction of sp³-hybridized carbons (Fsp3) is 0.526. The molecule has 0 saturated carbocycles. The van der Waals surface area contributed by atoms with Crippen LogP contribution in [0.25, 0.3) is 10.9 Å². The Balaban J connectivity index is 1.63. The topological polar surface area (TPSA) is 51.3 Å². The van der Waals surface area contributed by atoms with Crippen molar-refractivity contribution in [2.45, 2.75) is 40.2 Å². The van der Waals surface area contributed by atoms with Gasteiger partial charge in [0.05, 0.1) is 0 Å². The molecule has 0 radical (unpaired) electrons. The van der Waals surface area contributed by atoms with Gasteiger partial charge in [-0.1, -0.05) is 20.8 Å².